The second kappa shape index (κ2) is 14.3. The molecule has 0 fully saturated rings. The molecule has 0 spiro atoms. The minimum absolute atomic E-state index is 0.0477. The number of amides is 3. The van der Waals surface area contributed by atoms with E-state index >= 15 is 0 Å². The lowest BCUT2D eigenvalue weighted by Crippen LogP contribution is -2.53. The number of nitrogens with one attached hydrogen (secondary N) is 6. The molecule has 0 saturated carbocycles. The van der Waals surface area contributed by atoms with Crippen LogP contribution in [0.15, 0.2) is 24.3 Å². The van der Waals surface area contributed by atoms with Gasteiger partial charge in [0.15, 0.2) is 11.7 Å². The van der Waals surface area contributed by atoms with Crippen molar-refractivity contribution >= 4 is 35.7 Å². The van der Waals surface area contributed by atoms with Gasteiger partial charge in [-0.3, -0.25) is 24.6 Å². The first-order chi connectivity index (χ1) is 15.6. The first-order valence-electron chi connectivity index (χ1n) is 10.3. The molecule has 33 heavy (non-hydrogen) atoms. The quantitative estimate of drug-likeness (QED) is 0.112. The fraction of sp³-hybridized carbons (Fsp3) is 0.429. The smallest absolute Gasteiger partial charge is 0.243 e. The van der Waals surface area contributed by atoms with Crippen molar-refractivity contribution in [2.24, 2.45) is 5.73 Å². The molecule has 0 aromatic heterocycles. The Morgan fingerprint density at radius 2 is 1.67 bits per heavy atom. The Kier molecular flexibility index (Phi) is 11.8. The lowest BCUT2D eigenvalue weighted by molar-refractivity contribution is -0.132. The van der Waals surface area contributed by atoms with E-state index in [9.17, 15) is 23.6 Å². The number of Topliss-reactive ketones (excluding diaryl/α,β-unsaturated/α-hetero) is 1. The maximum Gasteiger partial charge on any atom is 0.243 e. The molecule has 0 heterocycles. The lowest BCUT2D eigenvalue weighted by Gasteiger charge is -2.23. The standard InChI is InChI=1S/C21H30FN7O4/c1-13(30)28-17(3-2-10-26-21(24)25)20(33)29-18(9-8-16(31)11-23)19(32)27-12-14-4-6-15(22)7-5-14/h4-7,11,17-18,23H,2-3,8-10,12H2,1H3,(H,27,32)(H,28,30)(H,29,33)(H4,24,25,26)/t17-,18-/m0/s1. The van der Waals surface area contributed by atoms with E-state index in [-0.39, 0.29) is 31.8 Å². The molecule has 0 aliphatic rings. The van der Waals surface area contributed by atoms with Crippen LogP contribution < -0.4 is 27.0 Å². The second-order valence-corrected chi connectivity index (χ2v) is 7.29. The number of halogens is 1. The molecule has 0 aliphatic carbocycles. The van der Waals surface area contributed by atoms with Gasteiger partial charge in [0.25, 0.3) is 0 Å². The van der Waals surface area contributed by atoms with Crippen molar-refractivity contribution in [3.05, 3.63) is 35.6 Å². The van der Waals surface area contributed by atoms with Crippen LogP contribution >= 0.6 is 0 Å². The minimum atomic E-state index is -1.09. The summed E-state index contributed by atoms with van der Waals surface area (Å²) in [6.07, 6.45) is 1.08. The molecule has 2 atom stereocenters. The molecule has 0 radical (unpaired) electrons. The topological polar surface area (TPSA) is 190 Å². The predicted octanol–water partition coefficient (Wildman–Crippen LogP) is -0.306. The fourth-order valence-corrected chi connectivity index (χ4v) is 2.86. The molecule has 1 aromatic carbocycles. The van der Waals surface area contributed by atoms with Gasteiger partial charge in [0, 0.05) is 26.4 Å². The van der Waals surface area contributed by atoms with E-state index in [0.29, 0.717) is 24.7 Å². The zero-order valence-corrected chi connectivity index (χ0v) is 18.4. The average Bonchev–Trinajstić information content (AvgIpc) is 2.77. The van der Waals surface area contributed by atoms with Gasteiger partial charge in [-0.1, -0.05) is 12.1 Å². The van der Waals surface area contributed by atoms with Gasteiger partial charge in [-0.2, -0.15) is 0 Å². The van der Waals surface area contributed by atoms with E-state index in [2.05, 4.69) is 21.3 Å². The molecule has 180 valence electrons. The van der Waals surface area contributed by atoms with Crippen molar-refractivity contribution in [3.63, 3.8) is 0 Å². The number of nitrogens with two attached hydrogens (primary N) is 1. The Morgan fingerprint density at radius 3 is 2.24 bits per heavy atom. The Bertz CT molecular complexity index is 861. The number of carbonyl (C=O) groups excluding carboxylic acids is 4. The molecular formula is C21H30FN7O4. The van der Waals surface area contributed by atoms with Crippen LogP contribution in [0, 0.1) is 16.6 Å². The van der Waals surface area contributed by atoms with E-state index in [1.807, 2.05) is 0 Å². The van der Waals surface area contributed by atoms with Crippen molar-refractivity contribution in [1.29, 1.82) is 10.8 Å². The molecule has 11 nitrogen and oxygen atoms in total. The van der Waals surface area contributed by atoms with E-state index in [0.717, 1.165) is 0 Å². The van der Waals surface area contributed by atoms with E-state index in [1.54, 1.807) is 0 Å². The van der Waals surface area contributed by atoms with Crippen LogP contribution in [0.5, 0.6) is 0 Å². The first kappa shape index (κ1) is 27.2. The summed E-state index contributed by atoms with van der Waals surface area (Å²) in [6, 6.07) is 3.48. The normalized spacial score (nSPS) is 12.1. The summed E-state index contributed by atoms with van der Waals surface area (Å²) in [6.45, 7) is 1.65. The van der Waals surface area contributed by atoms with Gasteiger partial charge in [-0.25, -0.2) is 4.39 Å². The summed E-state index contributed by atoms with van der Waals surface area (Å²) in [4.78, 5) is 48.5. The minimum Gasteiger partial charge on any atom is -0.370 e. The number of benzene rings is 1. The number of guanidine groups is 1. The molecular weight excluding hydrogens is 433 g/mol. The molecule has 8 N–H and O–H groups in total. The van der Waals surface area contributed by atoms with Crippen LogP contribution in [-0.2, 0) is 25.7 Å². The summed E-state index contributed by atoms with van der Waals surface area (Å²) in [5, 5.41) is 24.5. The third-order valence-electron chi connectivity index (χ3n) is 4.53. The number of rotatable bonds is 14. The highest BCUT2D eigenvalue weighted by Crippen LogP contribution is 2.05. The molecule has 1 aromatic rings. The van der Waals surface area contributed by atoms with Gasteiger partial charge in [-0.15, -0.1) is 0 Å². The van der Waals surface area contributed by atoms with Crippen molar-refractivity contribution in [3.8, 4) is 0 Å². The summed E-state index contributed by atoms with van der Waals surface area (Å²) < 4.78 is 13.0. The van der Waals surface area contributed by atoms with Crippen molar-refractivity contribution in [2.75, 3.05) is 6.54 Å². The van der Waals surface area contributed by atoms with Gasteiger partial charge >= 0.3 is 0 Å². The monoisotopic (exact) mass is 463 g/mol. The fourth-order valence-electron chi connectivity index (χ4n) is 2.86. The third kappa shape index (κ3) is 11.4. The van der Waals surface area contributed by atoms with Gasteiger partial charge in [0.05, 0.1) is 6.21 Å². The predicted molar refractivity (Wildman–Crippen MR) is 120 cm³/mol. The number of hydrogen-bond donors (Lipinski definition) is 7. The van der Waals surface area contributed by atoms with Crippen LogP contribution in [0.3, 0.4) is 0 Å². The summed E-state index contributed by atoms with van der Waals surface area (Å²) in [7, 11) is 0. The molecule has 1 rings (SSSR count). The Morgan fingerprint density at radius 1 is 1.03 bits per heavy atom. The largest absolute Gasteiger partial charge is 0.370 e. The molecule has 0 unspecified atom stereocenters. The molecule has 12 heteroatoms. The Hall–Kier alpha value is -3.83. The van der Waals surface area contributed by atoms with Crippen LogP contribution in [0.2, 0.25) is 0 Å². The van der Waals surface area contributed by atoms with Crippen molar-refractivity contribution < 1.29 is 23.6 Å². The summed E-state index contributed by atoms with van der Waals surface area (Å²) in [5.74, 6) is -2.75. The Labute approximate surface area is 191 Å². The van der Waals surface area contributed by atoms with Crippen LogP contribution in [-0.4, -0.2) is 54.3 Å². The van der Waals surface area contributed by atoms with E-state index in [1.165, 1.54) is 31.2 Å². The average molecular weight is 464 g/mol. The van der Waals surface area contributed by atoms with Gasteiger partial charge in [-0.05, 0) is 37.0 Å². The highest BCUT2D eigenvalue weighted by Gasteiger charge is 2.26. The maximum atomic E-state index is 13.0. The molecule has 0 bridgehead atoms. The second-order valence-electron chi connectivity index (χ2n) is 7.29. The summed E-state index contributed by atoms with van der Waals surface area (Å²) >= 11 is 0. The third-order valence-corrected chi connectivity index (χ3v) is 4.53. The van der Waals surface area contributed by atoms with Gasteiger partial charge in [0.2, 0.25) is 17.7 Å². The number of ketones is 1. The lowest BCUT2D eigenvalue weighted by atomic mass is 10.1. The highest BCUT2D eigenvalue weighted by molar-refractivity contribution is 6.26. The Balaban J connectivity index is 2.82. The van der Waals surface area contributed by atoms with Gasteiger partial charge < -0.3 is 32.4 Å². The van der Waals surface area contributed by atoms with Crippen molar-refractivity contribution in [1.82, 2.24) is 21.3 Å². The molecule has 3 amide bonds. The van der Waals surface area contributed by atoms with E-state index in [4.69, 9.17) is 16.6 Å². The molecule has 0 saturated heterocycles. The zero-order chi connectivity index (χ0) is 24.8. The van der Waals surface area contributed by atoms with Crippen LogP contribution in [0.25, 0.3) is 0 Å². The van der Waals surface area contributed by atoms with Crippen LogP contribution in [0.4, 0.5) is 4.39 Å². The maximum absolute atomic E-state index is 13.0. The SMILES string of the molecule is CC(=O)N[C@@H](CCCNC(=N)N)C(=O)N[C@@H](CCC(=O)C=N)C(=O)NCc1ccc(F)cc1. The van der Waals surface area contributed by atoms with Crippen molar-refractivity contribution in [2.45, 2.75) is 51.2 Å². The van der Waals surface area contributed by atoms with Crippen LogP contribution in [0.1, 0.15) is 38.2 Å². The van der Waals surface area contributed by atoms with Gasteiger partial charge in [0.1, 0.15) is 17.9 Å². The number of hydrogen-bond acceptors (Lipinski definition) is 6. The van der Waals surface area contributed by atoms with E-state index < -0.39 is 41.4 Å². The highest BCUT2D eigenvalue weighted by atomic mass is 19.1. The molecule has 0 aliphatic heterocycles. The zero-order valence-electron chi connectivity index (χ0n) is 18.4. The summed E-state index contributed by atoms with van der Waals surface area (Å²) in [5.41, 5.74) is 5.85. The first-order valence-corrected chi connectivity index (χ1v) is 10.3. The number of carbonyl (C=O) groups is 4.